The molecule has 0 radical (unpaired) electrons. The summed E-state index contributed by atoms with van der Waals surface area (Å²) >= 11 is 0. The van der Waals surface area contributed by atoms with Gasteiger partial charge in [0.15, 0.2) is 11.5 Å². The van der Waals surface area contributed by atoms with Crippen LogP contribution in [-0.2, 0) is 0 Å². The number of ether oxygens (including phenoxy) is 3. The summed E-state index contributed by atoms with van der Waals surface area (Å²) in [4.78, 5) is 12.9. The third-order valence-corrected chi connectivity index (χ3v) is 4.49. The Morgan fingerprint density at radius 1 is 0.926 bits per heavy atom. The van der Waals surface area contributed by atoms with Gasteiger partial charge in [0.1, 0.15) is 5.75 Å². The van der Waals surface area contributed by atoms with Gasteiger partial charge in [0.05, 0.1) is 13.2 Å². The van der Waals surface area contributed by atoms with Crippen molar-refractivity contribution >= 4 is 5.91 Å². The van der Waals surface area contributed by atoms with Crippen LogP contribution < -0.4 is 19.5 Å². The molecule has 4 rings (SSSR count). The van der Waals surface area contributed by atoms with Crippen LogP contribution in [0.4, 0.5) is 0 Å². The summed E-state index contributed by atoms with van der Waals surface area (Å²) in [5.41, 5.74) is 2.49. The van der Waals surface area contributed by atoms with Crippen molar-refractivity contribution in [1.29, 1.82) is 0 Å². The van der Waals surface area contributed by atoms with E-state index in [1.807, 2.05) is 54.6 Å². The van der Waals surface area contributed by atoms with Crippen molar-refractivity contribution in [2.24, 2.45) is 0 Å². The van der Waals surface area contributed by atoms with E-state index in [-0.39, 0.29) is 18.7 Å². The number of benzene rings is 3. The summed E-state index contributed by atoms with van der Waals surface area (Å²) in [7, 11) is 1.63. The van der Waals surface area contributed by atoms with Gasteiger partial charge in [-0.15, -0.1) is 0 Å². The molecule has 1 N–H and O–H groups in total. The zero-order chi connectivity index (χ0) is 18.6. The summed E-state index contributed by atoms with van der Waals surface area (Å²) < 4.78 is 15.9. The molecule has 0 fully saturated rings. The van der Waals surface area contributed by atoms with E-state index in [1.54, 1.807) is 25.3 Å². The van der Waals surface area contributed by atoms with Crippen molar-refractivity contribution in [3.8, 4) is 17.2 Å². The molecule has 1 aliphatic heterocycles. The molecule has 27 heavy (non-hydrogen) atoms. The zero-order valence-electron chi connectivity index (χ0n) is 14.8. The number of hydrogen-bond donors (Lipinski definition) is 1. The molecule has 1 atom stereocenters. The van der Waals surface area contributed by atoms with Crippen molar-refractivity contribution in [2.45, 2.75) is 6.04 Å². The highest BCUT2D eigenvalue weighted by atomic mass is 16.7. The lowest BCUT2D eigenvalue weighted by molar-refractivity contribution is 0.0942. The topological polar surface area (TPSA) is 56.8 Å². The fraction of sp³-hybridized carbons (Fsp3) is 0.136. The van der Waals surface area contributed by atoms with E-state index in [9.17, 15) is 4.79 Å². The van der Waals surface area contributed by atoms with Gasteiger partial charge in [0.2, 0.25) is 6.79 Å². The maximum atomic E-state index is 12.9. The summed E-state index contributed by atoms with van der Waals surface area (Å²) in [6, 6.07) is 22.4. The van der Waals surface area contributed by atoms with E-state index in [4.69, 9.17) is 14.2 Å². The van der Waals surface area contributed by atoms with Gasteiger partial charge in [0, 0.05) is 5.56 Å². The van der Waals surface area contributed by atoms with E-state index in [0.717, 1.165) is 16.9 Å². The molecule has 0 aromatic heterocycles. The second-order valence-corrected chi connectivity index (χ2v) is 6.16. The minimum atomic E-state index is -0.282. The Labute approximate surface area is 157 Å². The summed E-state index contributed by atoms with van der Waals surface area (Å²) in [6.07, 6.45) is 0. The maximum absolute atomic E-state index is 12.9. The molecule has 5 heteroatoms. The maximum Gasteiger partial charge on any atom is 0.252 e. The monoisotopic (exact) mass is 361 g/mol. The molecular formula is C22H19NO4. The number of carbonyl (C=O) groups excluding carboxylic acids is 1. The molecule has 1 aliphatic rings. The van der Waals surface area contributed by atoms with Gasteiger partial charge in [-0.2, -0.15) is 0 Å². The molecule has 3 aromatic carbocycles. The summed E-state index contributed by atoms with van der Waals surface area (Å²) in [6.45, 7) is 0.179. The van der Waals surface area contributed by atoms with Crippen LogP contribution in [-0.4, -0.2) is 19.8 Å². The minimum Gasteiger partial charge on any atom is -0.497 e. The Bertz CT molecular complexity index is 938. The number of rotatable bonds is 5. The molecule has 0 spiro atoms. The van der Waals surface area contributed by atoms with Crippen molar-refractivity contribution < 1.29 is 19.0 Å². The Kier molecular flexibility index (Phi) is 4.66. The van der Waals surface area contributed by atoms with E-state index < -0.39 is 0 Å². The highest BCUT2D eigenvalue weighted by Gasteiger charge is 2.20. The van der Waals surface area contributed by atoms with Gasteiger partial charge in [0.25, 0.3) is 5.91 Å². The largest absolute Gasteiger partial charge is 0.497 e. The van der Waals surface area contributed by atoms with E-state index >= 15 is 0 Å². The lowest BCUT2D eigenvalue weighted by Crippen LogP contribution is -2.29. The number of carbonyl (C=O) groups is 1. The third-order valence-electron chi connectivity index (χ3n) is 4.49. The molecule has 0 unspecified atom stereocenters. The normalized spacial score (nSPS) is 13.1. The lowest BCUT2D eigenvalue weighted by atomic mass is 9.98. The van der Waals surface area contributed by atoms with Crippen LogP contribution in [0.2, 0.25) is 0 Å². The van der Waals surface area contributed by atoms with Gasteiger partial charge in [-0.3, -0.25) is 4.79 Å². The smallest absolute Gasteiger partial charge is 0.252 e. The number of amides is 1. The van der Waals surface area contributed by atoms with Crippen molar-refractivity contribution in [3.63, 3.8) is 0 Å². The predicted octanol–water partition coefficient (Wildman–Crippen LogP) is 3.94. The van der Waals surface area contributed by atoms with Crippen molar-refractivity contribution in [2.75, 3.05) is 13.9 Å². The van der Waals surface area contributed by atoms with Gasteiger partial charge >= 0.3 is 0 Å². The molecule has 136 valence electrons. The second-order valence-electron chi connectivity index (χ2n) is 6.16. The highest BCUT2D eigenvalue weighted by Crippen LogP contribution is 2.33. The first-order chi connectivity index (χ1) is 13.2. The van der Waals surface area contributed by atoms with Crippen molar-refractivity contribution in [3.05, 3.63) is 89.5 Å². The minimum absolute atomic E-state index is 0.179. The van der Waals surface area contributed by atoms with Crippen LogP contribution in [0.15, 0.2) is 72.8 Å². The molecular weight excluding hydrogens is 342 g/mol. The van der Waals surface area contributed by atoms with Crippen LogP contribution >= 0.6 is 0 Å². The summed E-state index contributed by atoms with van der Waals surface area (Å²) in [5.74, 6) is 1.83. The van der Waals surface area contributed by atoms with Gasteiger partial charge in [-0.1, -0.05) is 42.5 Å². The fourth-order valence-corrected chi connectivity index (χ4v) is 3.05. The quantitative estimate of drug-likeness (QED) is 0.748. The van der Waals surface area contributed by atoms with Crippen LogP contribution in [0.1, 0.15) is 27.5 Å². The van der Waals surface area contributed by atoms with Gasteiger partial charge in [-0.05, 0) is 41.5 Å². The van der Waals surface area contributed by atoms with Crippen molar-refractivity contribution in [1.82, 2.24) is 5.32 Å². The number of fused-ring (bicyclic) bond motifs is 1. The van der Waals surface area contributed by atoms with Crippen LogP contribution in [0.5, 0.6) is 17.2 Å². The molecule has 0 aliphatic carbocycles. The van der Waals surface area contributed by atoms with Crippen LogP contribution in [0, 0.1) is 0 Å². The average Bonchev–Trinajstić information content (AvgIpc) is 3.20. The Morgan fingerprint density at radius 3 is 2.37 bits per heavy atom. The van der Waals surface area contributed by atoms with E-state index in [0.29, 0.717) is 17.1 Å². The van der Waals surface area contributed by atoms with Crippen LogP contribution in [0.25, 0.3) is 0 Å². The SMILES string of the molecule is COc1ccc([C@@H](NC(=O)c2ccc3c(c2)OCO3)c2ccccc2)cc1. The van der Waals surface area contributed by atoms with E-state index in [1.165, 1.54) is 0 Å². The molecule has 0 bridgehead atoms. The highest BCUT2D eigenvalue weighted by molar-refractivity contribution is 5.95. The lowest BCUT2D eigenvalue weighted by Gasteiger charge is -2.20. The number of nitrogens with one attached hydrogen (secondary N) is 1. The Balaban J connectivity index is 1.63. The van der Waals surface area contributed by atoms with Crippen LogP contribution in [0.3, 0.4) is 0 Å². The molecule has 3 aromatic rings. The molecule has 0 saturated carbocycles. The number of methoxy groups -OCH3 is 1. The predicted molar refractivity (Wildman–Crippen MR) is 101 cm³/mol. The van der Waals surface area contributed by atoms with Gasteiger partial charge < -0.3 is 19.5 Å². The summed E-state index contributed by atoms with van der Waals surface area (Å²) in [5, 5.41) is 3.12. The molecule has 5 nitrogen and oxygen atoms in total. The average molecular weight is 361 g/mol. The standard InChI is InChI=1S/C22H19NO4/c1-25-18-10-7-16(8-11-18)21(15-5-3-2-4-6-15)23-22(24)17-9-12-19-20(13-17)27-14-26-19/h2-13,21H,14H2,1H3,(H,23,24)/t21-/m0/s1. The van der Waals surface area contributed by atoms with E-state index in [2.05, 4.69) is 5.32 Å². The number of hydrogen-bond acceptors (Lipinski definition) is 4. The Morgan fingerprint density at radius 2 is 1.63 bits per heavy atom. The fourth-order valence-electron chi connectivity index (χ4n) is 3.05. The first-order valence-electron chi connectivity index (χ1n) is 8.64. The molecule has 1 amide bonds. The first-order valence-corrected chi connectivity index (χ1v) is 8.64. The first kappa shape index (κ1) is 17.0. The second kappa shape index (κ2) is 7.41. The zero-order valence-corrected chi connectivity index (χ0v) is 14.8. The third kappa shape index (κ3) is 3.58. The molecule has 1 heterocycles. The molecule has 0 saturated heterocycles. The van der Waals surface area contributed by atoms with Gasteiger partial charge in [-0.25, -0.2) is 0 Å². The Hall–Kier alpha value is -3.47.